The number of likely N-dealkylation sites (tertiary alicyclic amines) is 1. The van der Waals surface area contributed by atoms with Crippen LogP contribution >= 0.6 is 0 Å². The van der Waals surface area contributed by atoms with Crippen LogP contribution in [0.3, 0.4) is 0 Å². The maximum absolute atomic E-state index is 5.40. The molecule has 0 spiro atoms. The van der Waals surface area contributed by atoms with E-state index in [1.165, 1.54) is 31.4 Å². The first-order valence-corrected chi connectivity index (χ1v) is 7.39. The molecule has 1 heterocycles. The zero-order valence-corrected chi connectivity index (χ0v) is 11.9. The average molecular weight is 260 g/mol. The van der Waals surface area contributed by atoms with E-state index in [1.807, 2.05) is 12.1 Å². The highest BCUT2D eigenvalue weighted by molar-refractivity contribution is 5.33. The Balaban J connectivity index is 1.55. The smallest absolute Gasteiger partial charge is 0.123 e. The van der Waals surface area contributed by atoms with E-state index in [0.717, 1.165) is 24.4 Å². The molecule has 2 atom stereocenters. The van der Waals surface area contributed by atoms with Crippen molar-refractivity contribution < 1.29 is 4.74 Å². The van der Waals surface area contributed by atoms with Crippen molar-refractivity contribution in [3.63, 3.8) is 0 Å². The monoisotopic (exact) mass is 260 g/mol. The number of nitrogens with zero attached hydrogens (tertiary/aromatic N) is 1. The second-order valence-corrected chi connectivity index (χ2v) is 5.90. The molecule has 0 radical (unpaired) electrons. The summed E-state index contributed by atoms with van der Waals surface area (Å²) in [6.07, 6.45) is 4.08. The van der Waals surface area contributed by atoms with Crippen LogP contribution in [0.5, 0.6) is 5.75 Å². The van der Waals surface area contributed by atoms with Crippen molar-refractivity contribution >= 4 is 0 Å². The van der Waals surface area contributed by atoms with Crippen LogP contribution in [-0.4, -0.2) is 36.7 Å². The highest BCUT2D eigenvalue weighted by Gasteiger charge is 2.38. The SMILES string of the molecule is COc1ccccc1CNC1CC(C)N(C2CC2)C1. The van der Waals surface area contributed by atoms with Gasteiger partial charge in [-0.05, 0) is 32.3 Å². The Morgan fingerprint density at radius 1 is 1.32 bits per heavy atom. The summed E-state index contributed by atoms with van der Waals surface area (Å²) in [5.41, 5.74) is 1.25. The molecule has 1 saturated heterocycles. The summed E-state index contributed by atoms with van der Waals surface area (Å²) in [5, 5.41) is 3.69. The van der Waals surface area contributed by atoms with Crippen LogP contribution in [0, 0.1) is 0 Å². The van der Waals surface area contributed by atoms with Gasteiger partial charge in [-0.25, -0.2) is 0 Å². The molecule has 1 saturated carbocycles. The molecule has 3 rings (SSSR count). The molecule has 1 N–H and O–H groups in total. The first kappa shape index (κ1) is 12.9. The van der Waals surface area contributed by atoms with Crippen molar-refractivity contribution in [2.24, 2.45) is 0 Å². The first-order valence-electron chi connectivity index (χ1n) is 7.39. The molecule has 1 aliphatic carbocycles. The fourth-order valence-corrected chi connectivity index (χ4v) is 3.22. The van der Waals surface area contributed by atoms with E-state index in [9.17, 15) is 0 Å². The van der Waals surface area contributed by atoms with Gasteiger partial charge in [-0.15, -0.1) is 0 Å². The molecule has 1 aliphatic heterocycles. The minimum atomic E-state index is 0.625. The third kappa shape index (κ3) is 2.93. The molecule has 1 aromatic rings. The topological polar surface area (TPSA) is 24.5 Å². The molecular weight excluding hydrogens is 236 g/mol. The highest BCUT2D eigenvalue weighted by atomic mass is 16.5. The molecule has 2 fully saturated rings. The molecule has 0 bridgehead atoms. The molecule has 19 heavy (non-hydrogen) atoms. The van der Waals surface area contributed by atoms with Crippen LogP contribution in [0.25, 0.3) is 0 Å². The van der Waals surface area contributed by atoms with Crippen LogP contribution in [0.2, 0.25) is 0 Å². The summed E-state index contributed by atoms with van der Waals surface area (Å²) < 4.78 is 5.40. The number of ether oxygens (including phenoxy) is 1. The van der Waals surface area contributed by atoms with Crippen molar-refractivity contribution in [3.8, 4) is 5.75 Å². The fraction of sp³-hybridized carbons (Fsp3) is 0.625. The van der Waals surface area contributed by atoms with E-state index in [2.05, 4.69) is 29.3 Å². The van der Waals surface area contributed by atoms with Gasteiger partial charge >= 0.3 is 0 Å². The summed E-state index contributed by atoms with van der Waals surface area (Å²) in [4.78, 5) is 2.68. The number of hydrogen-bond acceptors (Lipinski definition) is 3. The number of benzene rings is 1. The van der Waals surface area contributed by atoms with E-state index in [1.54, 1.807) is 7.11 Å². The lowest BCUT2D eigenvalue weighted by Crippen LogP contribution is -2.33. The first-order chi connectivity index (χ1) is 9.28. The molecule has 0 aromatic heterocycles. The van der Waals surface area contributed by atoms with Crippen LogP contribution in [0.4, 0.5) is 0 Å². The van der Waals surface area contributed by atoms with Gasteiger partial charge in [0.1, 0.15) is 5.75 Å². The van der Waals surface area contributed by atoms with Crippen molar-refractivity contribution in [2.75, 3.05) is 13.7 Å². The van der Waals surface area contributed by atoms with Crippen LogP contribution in [0.1, 0.15) is 31.7 Å². The van der Waals surface area contributed by atoms with Gasteiger partial charge in [-0.1, -0.05) is 18.2 Å². The summed E-state index contributed by atoms with van der Waals surface area (Å²) in [6, 6.07) is 10.5. The standard InChI is InChI=1S/C16H24N2O/c1-12-9-14(11-18(12)15-7-8-15)17-10-13-5-3-4-6-16(13)19-2/h3-6,12,14-15,17H,7-11H2,1-2H3. The summed E-state index contributed by atoms with van der Waals surface area (Å²) >= 11 is 0. The van der Waals surface area contributed by atoms with Gasteiger partial charge in [0.25, 0.3) is 0 Å². The van der Waals surface area contributed by atoms with Crippen LogP contribution < -0.4 is 10.1 Å². The zero-order chi connectivity index (χ0) is 13.2. The molecule has 2 unspecified atom stereocenters. The second-order valence-electron chi connectivity index (χ2n) is 5.90. The minimum absolute atomic E-state index is 0.625. The highest BCUT2D eigenvalue weighted by Crippen LogP contribution is 2.33. The molecule has 2 aliphatic rings. The summed E-state index contributed by atoms with van der Waals surface area (Å²) in [6.45, 7) is 4.48. The Morgan fingerprint density at radius 2 is 2.11 bits per heavy atom. The Kier molecular flexibility index (Phi) is 3.76. The van der Waals surface area contributed by atoms with E-state index >= 15 is 0 Å². The number of para-hydroxylation sites is 1. The van der Waals surface area contributed by atoms with Gasteiger partial charge in [-0.3, -0.25) is 4.90 Å². The Bertz CT molecular complexity index is 431. The average Bonchev–Trinajstić information content (AvgIpc) is 3.21. The predicted octanol–water partition coefficient (Wildman–Crippen LogP) is 2.41. The van der Waals surface area contributed by atoms with Gasteiger partial charge in [0.2, 0.25) is 0 Å². The van der Waals surface area contributed by atoms with E-state index in [0.29, 0.717) is 6.04 Å². The Labute approximate surface area is 115 Å². The van der Waals surface area contributed by atoms with Crippen molar-refractivity contribution in [1.29, 1.82) is 0 Å². The molecule has 3 heteroatoms. The van der Waals surface area contributed by atoms with Gasteiger partial charge in [0, 0.05) is 36.8 Å². The normalized spacial score (nSPS) is 27.7. The second kappa shape index (κ2) is 5.51. The Morgan fingerprint density at radius 3 is 2.84 bits per heavy atom. The van der Waals surface area contributed by atoms with Gasteiger partial charge in [0.05, 0.1) is 7.11 Å². The summed E-state index contributed by atoms with van der Waals surface area (Å²) in [5.74, 6) is 0.986. The lowest BCUT2D eigenvalue weighted by atomic mass is 10.1. The number of methoxy groups -OCH3 is 1. The van der Waals surface area contributed by atoms with Gasteiger partial charge < -0.3 is 10.1 Å². The predicted molar refractivity (Wildman–Crippen MR) is 77.4 cm³/mol. The quantitative estimate of drug-likeness (QED) is 0.880. The molecule has 3 nitrogen and oxygen atoms in total. The number of nitrogens with one attached hydrogen (secondary N) is 1. The van der Waals surface area contributed by atoms with Gasteiger partial charge in [-0.2, -0.15) is 0 Å². The summed E-state index contributed by atoms with van der Waals surface area (Å²) in [7, 11) is 1.74. The van der Waals surface area contributed by atoms with Crippen molar-refractivity contribution in [3.05, 3.63) is 29.8 Å². The molecular formula is C16H24N2O. The van der Waals surface area contributed by atoms with Crippen LogP contribution in [-0.2, 0) is 6.54 Å². The fourth-order valence-electron chi connectivity index (χ4n) is 3.22. The third-order valence-electron chi connectivity index (χ3n) is 4.41. The molecule has 104 valence electrons. The lowest BCUT2D eigenvalue weighted by molar-refractivity contribution is 0.255. The van der Waals surface area contributed by atoms with Crippen molar-refractivity contribution in [2.45, 2.75) is 50.9 Å². The van der Waals surface area contributed by atoms with Crippen LogP contribution in [0.15, 0.2) is 24.3 Å². The lowest BCUT2D eigenvalue weighted by Gasteiger charge is -2.20. The number of hydrogen-bond donors (Lipinski definition) is 1. The maximum atomic E-state index is 5.40. The minimum Gasteiger partial charge on any atom is -0.496 e. The van der Waals surface area contributed by atoms with E-state index in [4.69, 9.17) is 4.74 Å². The Hall–Kier alpha value is -1.06. The van der Waals surface area contributed by atoms with Crippen molar-refractivity contribution in [1.82, 2.24) is 10.2 Å². The third-order valence-corrected chi connectivity index (χ3v) is 4.41. The zero-order valence-electron chi connectivity index (χ0n) is 11.9. The largest absolute Gasteiger partial charge is 0.496 e. The maximum Gasteiger partial charge on any atom is 0.123 e. The molecule has 0 amide bonds. The van der Waals surface area contributed by atoms with Gasteiger partial charge in [0.15, 0.2) is 0 Å². The molecule has 1 aromatic carbocycles. The number of rotatable bonds is 5. The van der Waals surface area contributed by atoms with E-state index in [-0.39, 0.29) is 0 Å². The van der Waals surface area contributed by atoms with E-state index < -0.39 is 0 Å².